The van der Waals surface area contributed by atoms with Crippen LogP contribution < -0.4 is 5.73 Å². The van der Waals surface area contributed by atoms with Crippen LogP contribution in [0.5, 0.6) is 0 Å². The van der Waals surface area contributed by atoms with E-state index in [9.17, 15) is 0 Å². The van der Waals surface area contributed by atoms with Crippen molar-refractivity contribution in [1.29, 1.82) is 5.26 Å². The van der Waals surface area contributed by atoms with Gasteiger partial charge in [0, 0.05) is 0 Å². The zero-order chi connectivity index (χ0) is 10.8. The highest BCUT2D eigenvalue weighted by atomic mass is 16.3. The summed E-state index contributed by atoms with van der Waals surface area (Å²) in [7, 11) is 0. The molecule has 0 saturated carbocycles. The number of nitriles is 1. The average molecular weight is 200 g/mol. The predicted molar refractivity (Wildman–Crippen MR) is 53.6 cm³/mol. The Morgan fingerprint density at radius 3 is 2.80 bits per heavy atom. The molecule has 0 aliphatic carbocycles. The molecule has 5 heteroatoms. The summed E-state index contributed by atoms with van der Waals surface area (Å²) < 4.78 is 5.14. The molecule has 2 aromatic rings. The highest BCUT2D eigenvalue weighted by molar-refractivity contribution is 5.57. The molecule has 0 unspecified atom stereocenters. The van der Waals surface area contributed by atoms with Gasteiger partial charge in [0.2, 0.25) is 0 Å². The number of hydrogen-bond donors (Lipinski definition) is 1. The van der Waals surface area contributed by atoms with E-state index >= 15 is 0 Å². The molecule has 2 N–H and O–H groups in total. The first-order valence-electron chi connectivity index (χ1n) is 4.30. The van der Waals surface area contributed by atoms with E-state index in [0.29, 0.717) is 22.8 Å². The van der Waals surface area contributed by atoms with Gasteiger partial charge in [-0.3, -0.25) is 0 Å². The number of anilines is 1. The number of aromatic nitrogens is 2. The van der Waals surface area contributed by atoms with Gasteiger partial charge in [-0.15, -0.1) is 0 Å². The fraction of sp³-hybridized carbons (Fsp3) is 0.100. The predicted octanol–water partition coefficient (Wildman–Crippen LogP) is 1.50. The second-order valence-electron chi connectivity index (χ2n) is 2.98. The van der Waals surface area contributed by atoms with Crippen LogP contribution >= 0.6 is 0 Å². The van der Waals surface area contributed by atoms with Gasteiger partial charge in [0.15, 0.2) is 11.6 Å². The number of hydrogen-bond acceptors (Lipinski definition) is 5. The van der Waals surface area contributed by atoms with Crippen LogP contribution in [-0.2, 0) is 0 Å². The van der Waals surface area contributed by atoms with E-state index in [2.05, 4.69) is 9.97 Å². The second kappa shape index (κ2) is 3.42. The quantitative estimate of drug-likeness (QED) is 0.753. The molecule has 74 valence electrons. The van der Waals surface area contributed by atoms with Crippen molar-refractivity contribution < 1.29 is 4.42 Å². The van der Waals surface area contributed by atoms with Crippen LogP contribution in [0.15, 0.2) is 22.8 Å². The van der Waals surface area contributed by atoms with Crippen molar-refractivity contribution >= 4 is 5.82 Å². The third-order valence-electron chi connectivity index (χ3n) is 1.97. The summed E-state index contributed by atoms with van der Waals surface area (Å²) in [6, 6.07) is 5.43. The van der Waals surface area contributed by atoms with Crippen molar-refractivity contribution in [3.05, 3.63) is 29.7 Å². The molecule has 0 aromatic carbocycles. The SMILES string of the molecule is Cc1nc(-c2ccco2)nc(N)c1C#N. The first-order chi connectivity index (χ1) is 7.22. The van der Waals surface area contributed by atoms with Crippen LogP contribution in [0, 0.1) is 18.3 Å². The van der Waals surface area contributed by atoms with Crippen LogP contribution in [0.4, 0.5) is 5.82 Å². The molecule has 0 fully saturated rings. The van der Waals surface area contributed by atoms with Crippen LogP contribution in [0.3, 0.4) is 0 Å². The Balaban J connectivity index is 2.59. The molecule has 0 radical (unpaired) electrons. The van der Waals surface area contributed by atoms with Gasteiger partial charge in [-0.25, -0.2) is 9.97 Å². The Bertz CT molecular complexity index is 502. The van der Waals surface area contributed by atoms with E-state index in [-0.39, 0.29) is 5.82 Å². The number of nitrogens with two attached hydrogens (primary N) is 1. The molecule has 0 spiro atoms. The van der Waals surface area contributed by atoms with Crippen molar-refractivity contribution in [2.24, 2.45) is 0 Å². The van der Waals surface area contributed by atoms with E-state index in [1.807, 2.05) is 6.07 Å². The number of rotatable bonds is 1. The van der Waals surface area contributed by atoms with Gasteiger partial charge < -0.3 is 10.2 Å². The van der Waals surface area contributed by atoms with Gasteiger partial charge in [-0.05, 0) is 19.1 Å². The summed E-state index contributed by atoms with van der Waals surface area (Å²) in [5, 5.41) is 8.79. The van der Waals surface area contributed by atoms with Crippen molar-refractivity contribution in [1.82, 2.24) is 9.97 Å². The second-order valence-corrected chi connectivity index (χ2v) is 2.98. The van der Waals surface area contributed by atoms with E-state index in [4.69, 9.17) is 15.4 Å². The Morgan fingerprint density at radius 1 is 1.47 bits per heavy atom. The van der Waals surface area contributed by atoms with Gasteiger partial charge in [-0.1, -0.05) is 0 Å². The minimum absolute atomic E-state index is 0.177. The zero-order valence-corrected chi connectivity index (χ0v) is 8.06. The number of nitrogen functional groups attached to an aromatic ring is 1. The van der Waals surface area contributed by atoms with E-state index in [1.54, 1.807) is 19.1 Å². The summed E-state index contributed by atoms with van der Waals surface area (Å²) in [6.45, 7) is 1.71. The average Bonchev–Trinajstić information content (AvgIpc) is 2.69. The van der Waals surface area contributed by atoms with Gasteiger partial charge in [0.05, 0.1) is 12.0 Å². The highest BCUT2D eigenvalue weighted by Crippen LogP contribution is 2.19. The normalized spacial score (nSPS) is 9.87. The monoisotopic (exact) mass is 200 g/mol. The molecule has 0 bridgehead atoms. The molecular weight excluding hydrogens is 192 g/mol. The van der Waals surface area contributed by atoms with Crippen LogP contribution in [0.1, 0.15) is 11.3 Å². The van der Waals surface area contributed by atoms with Gasteiger partial charge in [0.25, 0.3) is 0 Å². The zero-order valence-electron chi connectivity index (χ0n) is 8.06. The Hall–Kier alpha value is -2.35. The maximum absolute atomic E-state index is 8.79. The molecule has 0 atom stereocenters. The summed E-state index contributed by atoms with van der Waals surface area (Å²) in [5.74, 6) is 1.11. The summed E-state index contributed by atoms with van der Waals surface area (Å²) in [6.07, 6.45) is 1.53. The maximum atomic E-state index is 8.79. The Labute approximate surface area is 86.2 Å². The molecule has 0 aliphatic heterocycles. The minimum Gasteiger partial charge on any atom is -0.461 e. The molecule has 15 heavy (non-hydrogen) atoms. The largest absolute Gasteiger partial charge is 0.461 e. The van der Waals surface area contributed by atoms with Crippen LogP contribution in [-0.4, -0.2) is 9.97 Å². The molecule has 0 aliphatic rings. The lowest BCUT2D eigenvalue weighted by atomic mass is 10.2. The lowest BCUT2D eigenvalue weighted by Crippen LogP contribution is -2.02. The third-order valence-corrected chi connectivity index (χ3v) is 1.97. The van der Waals surface area contributed by atoms with Crippen molar-refractivity contribution in [2.75, 3.05) is 5.73 Å². The first-order valence-corrected chi connectivity index (χ1v) is 4.30. The fourth-order valence-corrected chi connectivity index (χ4v) is 1.25. The molecular formula is C10H8N4O. The molecule has 0 amide bonds. The maximum Gasteiger partial charge on any atom is 0.197 e. The van der Waals surface area contributed by atoms with Crippen molar-refractivity contribution in [3.8, 4) is 17.7 Å². The number of nitrogens with zero attached hydrogens (tertiary/aromatic N) is 3. The van der Waals surface area contributed by atoms with Crippen molar-refractivity contribution in [2.45, 2.75) is 6.92 Å². The van der Waals surface area contributed by atoms with E-state index in [0.717, 1.165) is 0 Å². The van der Waals surface area contributed by atoms with E-state index in [1.165, 1.54) is 6.26 Å². The van der Waals surface area contributed by atoms with Crippen LogP contribution in [0.2, 0.25) is 0 Å². The summed E-state index contributed by atoms with van der Waals surface area (Å²) in [5.41, 5.74) is 6.49. The molecule has 2 aromatic heterocycles. The van der Waals surface area contributed by atoms with Gasteiger partial charge in [-0.2, -0.15) is 5.26 Å². The number of aryl methyl sites for hydroxylation is 1. The minimum atomic E-state index is 0.177. The van der Waals surface area contributed by atoms with E-state index < -0.39 is 0 Å². The summed E-state index contributed by atoms with van der Waals surface area (Å²) >= 11 is 0. The topological polar surface area (TPSA) is 88.7 Å². The lowest BCUT2D eigenvalue weighted by molar-refractivity contribution is 0.577. The Kier molecular flexibility index (Phi) is 2.10. The standard InChI is InChI=1S/C10H8N4O/c1-6-7(5-11)9(12)14-10(13-6)8-3-2-4-15-8/h2-4H,1H3,(H2,12,13,14). The smallest absolute Gasteiger partial charge is 0.197 e. The lowest BCUT2D eigenvalue weighted by Gasteiger charge is -2.02. The van der Waals surface area contributed by atoms with Gasteiger partial charge in [0.1, 0.15) is 17.5 Å². The third kappa shape index (κ3) is 1.53. The van der Waals surface area contributed by atoms with Gasteiger partial charge >= 0.3 is 0 Å². The highest BCUT2D eigenvalue weighted by Gasteiger charge is 2.11. The molecule has 2 heterocycles. The van der Waals surface area contributed by atoms with Crippen molar-refractivity contribution in [3.63, 3.8) is 0 Å². The number of furan rings is 1. The molecule has 0 saturated heterocycles. The summed E-state index contributed by atoms with van der Waals surface area (Å²) in [4.78, 5) is 8.14. The Morgan fingerprint density at radius 2 is 2.27 bits per heavy atom. The fourth-order valence-electron chi connectivity index (χ4n) is 1.25. The van der Waals surface area contributed by atoms with Crippen LogP contribution in [0.25, 0.3) is 11.6 Å². The molecule has 2 rings (SSSR count). The molecule has 5 nitrogen and oxygen atoms in total. The first kappa shape index (κ1) is 9.21.